The Balaban J connectivity index is 1.41. The van der Waals surface area contributed by atoms with Gasteiger partial charge in [-0.25, -0.2) is 9.37 Å². The first kappa shape index (κ1) is 17.2. The van der Waals surface area contributed by atoms with Gasteiger partial charge in [-0.3, -0.25) is 9.78 Å². The molecule has 2 aromatic heterocycles. The number of hydrogen-bond acceptors (Lipinski definition) is 6. The number of carbonyl (C=O) groups excluding carboxylic acids is 1. The molecule has 0 N–H and O–H groups in total. The number of rotatable bonds is 4. The standard InChI is InChI=1S/C18H18FN7O/c19-15-5-3-14(4-6-15)18(27)25-9-1-2-13(11-25)12-26-23-17(22-24-26)16-10-20-7-8-21-16/h3-8,10,13H,1-2,9,11-12H2/t13-/m1/s1. The van der Waals surface area contributed by atoms with E-state index in [2.05, 4.69) is 25.4 Å². The van der Waals surface area contributed by atoms with Gasteiger partial charge in [0.2, 0.25) is 5.82 Å². The molecule has 1 aromatic carbocycles. The molecule has 3 heterocycles. The minimum Gasteiger partial charge on any atom is -0.338 e. The average molecular weight is 367 g/mol. The van der Waals surface area contributed by atoms with Gasteiger partial charge >= 0.3 is 0 Å². The Morgan fingerprint density at radius 2 is 2.07 bits per heavy atom. The largest absolute Gasteiger partial charge is 0.338 e. The van der Waals surface area contributed by atoms with Crippen LogP contribution in [-0.2, 0) is 6.54 Å². The van der Waals surface area contributed by atoms with E-state index in [1.165, 1.54) is 24.3 Å². The number of aromatic nitrogens is 6. The van der Waals surface area contributed by atoms with E-state index >= 15 is 0 Å². The molecule has 0 bridgehead atoms. The highest BCUT2D eigenvalue weighted by atomic mass is 19.1. The Hall–Kier alpha value is -3.23. The lowest BCUT2D eigenvalue weighted by atomic mass is 9.97. The topological polar surface area (TPSA) is 89.7 Å². The molecule has 1 saturated heterocycles. The number of hydrogen-bond donors (Lipinski definition) is 0. The third-order valence-corrected chi connectivity index (χ3v) is 4.56. The van der Waals surface area contributed by atoms with Crippen molar-refractivity contribution in [3.05, 3.63) is 54.2 Å². The summed E-state index contributed by atoms with van der Waals surface area (Å²) in [5.74, 6) is 0.232. The smallest absolute Gasteiger partial charge is 0.253 e. The minimum absolute atomic E-state index is 0.0773. The highest BCUT2D eigenvalue weighted by molar-refractivity contribution is 5.94. The van der Waals surface area contributed by atoms with Crippen LogP contribution in [0.25, 0.3) is 11.5 Å². The van der Waals surface area contributed by atoms with E-state index in [9.17, 15) is 9.18 Å². The van der Waals surface area contributed by atoms with Gasteiger partial charge in [-0.2, -0.15) is 4.80 Å². The second-order valence-electron chi connectivity index (χ2n) is 6.52. The molecule has 0 saturated carbocycles. The Morgan fingerprint density at radius 3 is 2.85 bits per heavy atom. The Kier molecular flexibility index (Phi) is 4.82. The molecule has 0 radical (unpaired) electrons. The molecule has 0 aliphatic carbocycles. The molecule has 1 fully saturated rings. The van der Waals surface area contributed by atoms with Crippen molar-refractivity contribution in [3.8, 4) is 11.5 Å². The lowest BCUT2D eigenvalue weighted by molar-refractivity contribution is 0.0656. The van der Waals surface area contributed by atoms with Gasteiger partial charge in [0.25, 0.3) is 5.91 Å². The van der Waals surface area contributed by atoms with Gasteiger partial charge in [0.05, 0.1) is 12.7 Å². The number of piperidine rings is 1. The zero-order valence-corrected chi connectivity index (χ0v) is 14.6. The maximum Gasteiger partial charge on any atom is 0.253 e. The van der Waals surface area contributed by atoms with Crippen LogP contribution in [-0.4, -0.2) is 54.1 Å². The molecule has 0 unspecified atom stereocenters. The Bertz CT molecular complexity index is 913. The number of likely N-dealkylation sites (tertiary alicyclic amines) is 1. The molecule has 1 atom stereocenters. The summed E-state index contributed by atoms with van der Waals surface area (Å²) in [4.78, 5) is 24.2. The first-order valence-electron chi connectivity index (χ1n) is 8.78. The highest BCUT2D eigenvalue weighted by Crippen LogP contribution is 2.20. The zero-order valence-electron chi connectivity index (χ0n) is 14.6. The van der Waals surface area contributed by atoms with Crippen molar-refractivity contribution in [2.24, 2.45) is 5.92 Å². The Labute approximate surface area is 155 Å². The van der Waals surface area contributed by atoms with Crippen molar-refractivity contribution in [1.29, 1.82) is 0 Å². The minimum atomic E-state index is -0.348. The summed E-state index contributed by atoms with van der Waals surface area (Å²) in [5.41, 5.74) is 1.07. The van der Waals surface area contributed by atoms with Crippen LogP contribution >= 0.6 is 0 Å². The van der Waals surface area contributed by atoms with Crippen molar-refractivity contribution in [2.45, 2.75) is 19.4 Å². The monoisotopic (exact) mass is 367 g/mol. The van der Waals surface area contributed by atoms with Crippen molar-refractivity contribution in [3.63, 3.8) is 0 Å². The highest BCUT2D eigenvalue weighted by Gasteiger charge is 2.25. The van der Waals surface area contributed by atoms with Crippen molar-refractivity contribution < 1.29 is 9.18 Å². The van der Waals surface area contributed by atoms with Gasteiger partial charge in [0.15, 0.2) is 0 Å². The second kappa shape index (κ2) is 7.56. The molecular formula is C18H18FN7O. The van der Waals surface area contributed by atoms with E-state index in [1.54, 1.807) is 23.4 Å². The molecule has 9 heteroatoms. The summed E-state index contributed by atoms with van der Waals surface area (Å²) in [6, 6.07) is 5.66. The first-order valence-corrected chi connectivity index (χ1v) is 8.78. The molecule has 0 spiro atoms. The molecule has 27 heavy (non-hydrogen) atoms. The summed E-state index contributed by atoms with van der Waals surface area (Å²) < 4.78 is 13.1. The number of halogens is 1. The maximum atomic E-state index is 13.1. The predicted molar refractivity (Wildman–Crippen MR) is 93.9 cm³/mol. The molecule has 1 aliphatic heterocycles. The van der Waals surface area contributed by atoms with E-state index < -0.39 is 0 Å². The number of amides is 1. The van der Waals surface area contributed by atoms with Crippen LogP contribution in [0.3, 0.4) is 0 Å². The van der Waals surface area contributed by atoms with Gasteiger partial charge in [-0.05, 0) is 48.2 Å². The fourth-order valence-corrected chi connectivity index (χ4v) is 3.24. The number of nitrogens with zero attached hydrogens (tertiary/aromatic N) is 7. The lowest BCUT2D eigenvalue weighted by Gasteiger charge is -2.32. The van der Waals surface area contributed by atoms with E-state index in [4.69, 9.17) is 0 Å². The van der Waals surface area contributed by atoms with Crippen LogP contribution in [0.15, 0.2) is 42.9 Å². The molecule has 3 aromatic rings. The quantitative estimate of drug-likeness (QED) is 0.699. The van der Waals surface area contributed by atoms with E-state index in [0.29, 0.717) is 36.7 Å². The lowest BCUT2D eigenvalue weighted by Crippen LogP contribution is -2.41. The normalized spacial score (nSPS) is 17.1. The molecular weight excluding hydrogens is 349 g/mol. The van der Waals surface area contributed by atoms with Gasteiger partial charge in [-0.1, -0.05) is 0 Å². The fourth-order valence-electron chi connectivity index (χ4n) is 3.24. The molecule has 1 aliphatic rings. The molecule has 8 nitrogen and oxygen atoms in total. The van der Waals surface area contributed by atoms with E-state index in [-0.39, 0.29) is 17.6 Å². The summed E-state index contributed by atoms with van der Waals surface area (Å²) >= 11 is 0. The van der Waals surface area contributed by atoms with E-state index in [0.717, 1.165) is 12.8 Å². The SMILES string of the molecule is O=C(c1ccc(F)cc1)N1CCC[C@@H](Cn2nnc(-c3cnccn3)n2)C1. The van der Waals surface area contributed by atoms with E-state index in [1.807, 2.05) is 4.90 Å². The van der Waals surface area contributed by atoms with Crippen LogP contribution in [0.5, 0.6) is 0 Å². The summed E-state index contributed by atoms with van der Waals surface area (Å²) in [6.07, 6.45) is 6.64. The van der Waals surface area contributed by atoms with Crippen molar-refractivity contribution >= 4 is 5.91 Å². The van der Waals surface area contributed by atoms with Crippen molar-refractivity contribution in [1.82, 2.24) is 35.1 Å². The van der Waals surface area contributed by atoms with Gasteiger partial charge in [0, 0.05) is 31.0 Å². The molecule has 138 valence electrons. The third kappa shape index (κ3) is 3.97. The van der Waals surface area contributed by atoms with Crippen LogP contribution < -0.4 is 0 Å². The van der Waals surface area contributed by atoms with Crippen molar-refractivity contribution in [2.75, 3.05) is 13.1 Å². The van der Waals surface area contributed by atoms with Crippen LogP contribution in [0, 0.1) is 11.7 Å². The number of benzene rings is 1. The maximum absolute atomic E-state index is 13.1. The van der Waals surface area contributed by atoms with Crippen LogP contribution in [0.1, 0.15) is 23.2 Å². The third-order valence-electron chi connectivity index (χ3n) is 4.56. The number of tetrazole rings is 1. The summed E-state index contributed by atoms with van der Waals surface area (Å²) in [5, 5.41) is 12.5. The summed E-state index contributed by atoms with van der Waals surface area (Å²) in [6.45, 7) is 1.88. The number of carbonyl (C=O) groups is 1. The molecule has 4 rings (SSSR count). The van der Waals surface area contributed by atoms with Gasteiger partial charge in [-0.15, -0.1) is 10.2 Å². The zero-order chi connectivity index (χ0) is 18.6. The Morgan fingerprint density at radius 1 is 1.22 bits per heavy atom. The summed E-state index contributed by atoms with van der Waals surface area (Å²) in [7, 11) is 0. The molecule has 1 amide bonds. The first-order chi connectivity index (χ1) is 13.2. The average Bonchev–Trinajstić information content (AvgIpc) is 3.17. The van der Waals surface area contributed by atoms with Crippen LogP contribution in [0.4, 0.5) is 4.39 Å². The predicted octanol–water partition coefficient (Wildman–Crippen LogP) is 1.82. The fraction of sp³-hybridized carbons (Fsp3) is 0.333. The van der Waals surface area contributed by atoms with Gasteiger partial charge < -0.3 is 4.90 Å². The van der Waals surface area contributed by atoms with Gasteiger partial charge in [0.1, 0.15) is 11.5 Å². The van der Waals surface area contributed by atoms with Crippen LogP contribution in [0.2, 0.25) is 0 Å². The second-order valence-corrected chi connectivity index (χ2v) is 6.52.